The predicted octanol–water partition coefficient (Wildman–Crippen LogP) is 4.36. The van der Waals surface area contributed by atoms with Crippen LogP contribution in [0.3, 0.4) is 0 Å². The zero-order chi connectivity index (χ0) is 15.0. The first-order chi connectivity index (χ1) is 10.1. The topological polar surface area (TPSA) is 42.4 Å². The Balaban J connectivity index is 1.70. The maximum atomic E-state index is 6.07. The van der Waals surface area contributed by atoms with E-state index in [1.165, 1.54) is 11.3 Å². The van der Waals surface area contributed by atoms with Crippen molar-refractivity contribution in [3.8, 4) is 0 Å². The fourth-order valence-corrected chi connectivity index (χ4v) is 4.28. The average Bonchev–Trinajstić information content (AvgIpc) is 2.85. The van der Waals surface area contributed by atoms with Crippen LogP contribution in [0.4, 0.5) is 0 Å². The van der Waals surface area contributed by atoms with Gasteiger partial charge in [-0.15, -0.1) is 11.3 Å². The number of nitrogens with two attached hydrogens (primary N) is 1. The highest BCUT2D eigenvalue weighted by atomic mass is 79.9. The molecule has 2 aromatic heterocycles. The lowest BCUT2D eigenvalue weighted by Crippen LogP contribution is -2.29. The smallest absolute Gasteiger partial charge is 0.122 e. The molecule has 2 heterocycles. The molecular weight excluding hydrogens is 348 g/mol. The third-order valence-corrected chi connectivity index (χ3v) is 5.92. The van der Waals surface area contributed by atoms with Crippen LogP contribution < -0.4 is 5.73 Å². The summed E-state index contributed by atoms with van der Waals surface area (Å²) in [6.45, 7) is 3.72. The molecule has 0 bridgehead atoms. The Morgan fingerprint density at radius 2 is 2.29 bits per heavy atom. The summed E-state index contributed by atoms with van der Waals surface area (Å²) in [5, 5.41) is 2.11. The predicted molar refractivity (Wildman–Crippen MR) is 90.5 cm³/mol. The summed E-state index contributed by atoms with van der Waals surface area (Å²) in [5.74, 6) is 3.50. The number of hydrogen-bond acceptors (Lipinski definition) is 4. The van der Waals surface area contributed by atoms with Crippen LogP contribution in [-0.4, -0.2) is 18.5 Å². The molecule has 0 aliphatic heterocycles. The third kappa shape index (κ3) is 3.42. The number of nitrogens with zero attached hydrogens (tertiary/aromatic N) is 1. The number of thiophene rings is 1. The third-order valence-electron chi connectivity index (χ3n) is 4.23. The van der Waals surface area contributed by atoms with Crippen molar-refractivity contribution in [1.82, 2.24) is 4.90 Å². The molecule has 0 aromatic carbocycles. The lowest BCUT2D eigenvalue weighted by atomic mass is 10.2. The van der Waals surface area contributed by atoms with E-state index in [-0.39, 0.29) is 6.04 Å². The van der Waals surface area contributed by atoms with Crippen molar-refractivity contribution in [2.75, 3.05) is 13.6 Å². The first kappa shape index (κ1) is 15.3. The molecule has 0 radical (unpaired) electrons. The number of hydrogen-bond donors (Lipinski definition) is 1. The molecule has 5 heteroatoms. The molecule has 0 amide bonds. The Bertz CT molecular complexity index is 609. The minimum Gasteiger partial charge on any atom is -0.464 e. The molecule has 3 atom stereocenters. The molecule has 1 aliphatic rings. The molecule has 2 N–H and O–H groups in total. The van der Waals surface area contributed by atoms with Gasteiger partial charge >= 0.3 is 0 Å². The van der Waals surface area contributed by atoms with E-state index >= 15 is 0 Å². The fourth-order valence-electron chi connectivity index (χ4n) is 2.77. The van der Waals surface area contributed by atoms with Crippen LogP contribution >= 0.6 is 27.3 Å². The van der Waals surface area contributed by atoms with E-state index in [0.717, 1.165) is 28.5 Å². The second-order valence-electron chi connectivity index (χ2n) is 5.96. The summed E-state index contributed by atoms with van der Waals surface area (Å²) in [4.78, 5) is 3.59. The van der Waals surface area contributed by atoms with Gasteiger partial charge in [-0.2, -0.15) is 0 Å². The maximum Gasteiger partial charge on any atom is 0.122 e. The minimum absolute atomic E-state index is 0.133. The van der Waals surface area contributed by atoms with Crippen molar-refractivity contribution < 1.29 is 4.42 Å². The van der Waals surface area contributed by atoms with Crippen LogP contribution in [0.2, 0.25) is 0 Å². The van der Waals surface area contributed by atoms with Crippen LogP contribution in [0.1, 0.15) is 41.7 Å². The van der Waals surface area contributed by atoms with Gasteiger partial charge in [0.15, 0.2) is 0 Å². The van der Waals surface area contributed by atoms with Crippen molar-refractivity contribution in [2.24, 2.45) is 11.7 Å². The quantitative estimate of drug-likeness (QED) is 0.823. The van der Waals surface area contributed by atoms with Gasteiger partial charge in [-0.25, -0.2) is 0 Å². The van der Waals surface area contributed by atoms with Gasteiger partial charge in [0, 0.05) is 33.7 Å². The van der Waals surface area contributed by atoms with E-state index in [4.69, 9.17) is 10.2 Å². The first-order valence-corrected chi connectivity index (χ1v) is 8.98. The summed E-state index contributed by atoms with van der Waals surface area (Å²) in [6.07, 6.45) is 1.25. The number of furan rings is 1. The summed E-state index contributed by atoms with van der Waals surface area (Å²) < 4.78 is 7.21. The fraction of sp³-hybridized carbons (Fsp3) is 0.500. The van der Waals surface area contributed by atoms with Crippen LogP contribution in [0.5, 0.6) is 0 Å². The summed E-state index contributed by atoms with van der Waals surface area (Å²) >= 11 is 5.26. The van der Waals surface area contributed by atoms with Gasteiger partial charge in [-0.05, 0) is 53.5 Å². The SMILES string of the molecule is CC1CC1c1ccc(C(CN)N(C)Cc2cc(Br)cs2)o1. The summed E-state index contributed by atoms with van der Waals surface area (Å²) in [6, 6.07) is 6.52. The lowest BCUT2D eigenvalue weighted by Gasteiger charge is -2.24. The van der Waals surface area contributed by atoms with Crippen LogP contribution in [0.25, 0.3) is 0 Å². The molecular formula is C16H21BrN2OS. The summed E-state index contributed by atoms with van der Waals surface area (Å²) in [5.41, 5.74) is 5.99. The number of halogens is 1. The van der Waals surface area contributed by atoms with Crippen molar-refractivity contribution in [3.05, 3.63) is 44.4 Å². The van der Waals surface area contributed by atoms with Gasteiger partial charge in [0.25, 0.3) is 0 Å². The van der Waals surface area contributed by atoms with Gasteiger partial charge in [0.05, 0.1) is 6.04 Å². The molecule has 1 saturated carbocycles. The first-order valence-electron chi connectivity index (χ1n) is 7.31. The van der Waals surface area contributed by atoms with E-state index in [9.17, 15) is 0 Å². The van der Waals surface area contributed by atoms with Gasteiger partial charge in [-0.1, -0.05) is 6.92 Å². The molecule has 1 fully saturated rings. The lowest BCUT2D eigenvalue weighted by molar-refractivity contribution is 0.211. The molecule has 2 aromatic rings. The highest BCUT2D eigenvalue weighted by molar-refractivity contribution is 9.10. The highest BCUT2D eigenvalue weighted by Crippen LogP contribution is 2.47. The molecule has 3 unspecified atom stereocenters. The normalized spacial score (nSPS) is 22.7. The standard InChI is InChI=1S/C16H21BrN2OS/c1-10-5-13(10)15-3-4-16(20-15)14(7-18)19(2)8-12-6-11(17)9-21-12/h3-4,6,9-10,13-14H,5,7-8,18H2,1-2H3. The van der Waals surface area contributed by atoms with E-state index in [2.05, 4.69) is 58.4 Å². The maximum absolute atomic E-state index is 6.07. The monoisotopic (exact) mass is 368 g/mol. The Hall–Kier alpha value is -0.620. The van der Waals surface area contributed by atoms with E-state index in [1.54, 1.807) is 11.3 Å². The van der Waals surface area contributed by atoms with Crippen molar-refractivity contribution >= 4 is 27.3 Å². The molecule has 21 heavy (non-hydrogen) atoms. The number of likely N-dealkylation sites (N-methyl/N-ethyl adjacent to an activating group) is 1. The van der Waals surface area contributed by atoms with Crippen LogP contribution in [0, 0.1) is 5.92 Å². The van der Waals surface area contributed by atoms with Gasteiger partial charge in [-0.3, -0.25) is 4.90 Å². The number of rotatable bonds is 6. The van der Waals surface area contributed by atoms with Crippen molar-refractivity contribution in [2.45, 2.75) is 31.8 Å². The largest absolute Gasteiger partial charge is 0.464 e. The van der Waals surface area contributed by atoms with E-state index in [0.29, 0.717) is 12.5 Å². The second kappa shape index (κ2) is 6.24. The Labute approximate surface area is 138 Å². The second-order valence-corrected chi connectivity index (χ2v) is 7.87. The van der Waals surface area contributed by atoms with Crippen LogP contribution in [0.15, 0.2) is 32.5 Å². The molecule has 114 valence electrons. The van der Waals surface area contributed by atoms with E-state index < -0.39 is 0 Å². The highest BCUT2D eigenvalue weighted by Gasteiger charge is 2.37. The molecule has 3 rings (SSSR count). The zero-order valence-corrected chi connectivity index (χ0v) is 14.8. The van der Waals surface area contributed by atoms with Gasteiger partial charge in [0.1, 0.15) is 11.5 Å². The Morgan fingerprint density at radius 3 is 2.86 bits per heavy atom. The molecule has 1 aliphatic carbocycles. The Morgan fingerprint density at radius 1 is 1.52 bits per heavy atom. The van der Waals surface area contributed by atoms with Crippen LogP contribution in [-0.2, 0) is 6.54 Å². The van der Waals surface area contributed by atoms with E-state index in [1.807, 2.05) is 0 Å². The van der Waals surface area contributed by atoms with Crippen molar-refractivity contribution in [1.29, 1.82) is 0 Å². The minimum atomic E-state index is 0.133. The average molecular weight is 369 g/mol. The molecule has 0 spiro atoms. The van der Waals surface area contributed by atoms with Crippen molar-refractivity contribution in [3.63, 3.8) is 0 Å². The Kier molecular flexibility index (Phi) is 4.54. The molecule has 3 nitrogen and oxygen atoms in total. The van der Waals surface area contributed by atoms with Gasteiger partial charge in [0.2, 0.25) is 0 Å². The van der Waals surface area contributed by atoms with Gasteiger partial charge < -0.3 is 10.2 Å². The zero-order valence-electron chi connectivity index (χ0n) is 12.4. The molecule has 0 saturated heterocycles. The summed E-state index contributed by atoms with van der Waals surface area (Å²) in [7, 11) is 2.10.